The zero-order valence-corrected chi connectivity index (χ0v) is 19.5. The standard InChI is InChI=1S/C25H33N5O4/c1-18-5-2-3-6-21(18)29-12-14-30(15-13-29)22-9-8-19(17-20(22)24(26)33)25(34)28-10-4-7-23(32)27-11-16-31/h2-3,5-6,8-9,17,31H,4,7,10-16H2,1H3,(H2,26,33)(H,27,32)(H,28,34). The molecule has 2 aromatic carbocycles. The van der Waals surface area contributed by atoms with Crippen molar-refractivity contribution in [1.82, 2.24) is 10.6 Å². The lowest BCUT2D eigenvalue weighted by atomic mass is 10.0. The summed E-state index contributed by atoms with van der Waals surface area (Å²) in [5, 5.41) is 14.0. The third kappa shape index (κ3) is 6.48. The van der Waals surface area contributed by atoms with Crippen molar-refractivity contribution in [3.8, 4) is 0 Å². The van der Waals surface area contributed by atoms with Crippen molar-refractivity contribution >= 4 is 29.1 Å². The zero-order chi connectivity index (χ0) is 24.5. The zero-order valence-electron chi connectivity index (χ0n) is 19.5. The molecule has 0 saturated carbocycles. The number of carbonyl (C=O) groups excluding carboxylic acids is 3. The number of para-hydroxylation sites is 1. The largest absolute Gasteiger partial charge is 0.395 e. The van der Waals surface area contributed by atoms with Gasteiger partial charge in [0.25, 0.3) is 11.8 Å². The van der Waals surface area contributed by atoms with Crippen molar-refractivity contribution in [3.63, 3.8) is 0 Å². The fourth-order valence-electron chi connectivity index (χ4n) is 4.09. The molecule has 5 N–H and O–H groups in total. The molecular weight excluding hydrogens is 434 g/mol. The van der Waals surface area contributed by atoms with Gasteiger partial charge in [-0.3, -0.25) is 14.4 Å². The molecule has 0 radical (unpaired) electrons. The normalized spacial score (nSPS) is 13.5. The second-order valence-corrected chi connectivity index (χ2v) is 8.29. The van der Waals surface area contributed by atoms with Gasteiger partial charge in [-0.1, -0.05) is 18.2 Å². The van der Waals surface area contributed by atoms with Crippen LogP contribution in [0.4, 0.5) is 11.4 Å². The summed E-state index contributed by atoms with van der Waals surface area (Å²) in [7, 11) is 0. The van der Waals surface area contributed by atoms with Crippen molar-refractivity contribution in [2.75, 3.05) is 55.7 Å². The van der Waals surface area contributed by atoms with Gasteiger partial charge < -0.3 is 31.3 Å². The Morgan fingerprint density at radius 3 is 2.26 bits per heavy atom. The molecule has 9 nitrogen and oxygen atoms in total. The van der Waals surface area contributed by atoms with E-state index in [9.17, 15) is 14.4 Å². The number of benzene rings is 2. The van der Waals surface area contributed by atoms with Crippen molar-refractivity contribution in [3.05, 3.63) is 59.2 Å². The summed E-state index contributed by atoms with van der Waals surface area (Å²) in [5.41, 5.74) is 9.50. The van der Waals surface area contributed by atoms with Crippen LogP contribution >= 0.6 is 0 Å². The van der Waals surface area contributed by atoms with E-state index in [1.165, 1.54) is 17.3 Å². The number of amides is 3. The molecule has 2 aromatic rings. The number of anilines is 2. The molecule has 1 saturated heterocycles. The molecule has 3 rings (SSSR count). The number of rotatable bonds is 10. The van der Waals surface area contributed by atoms with Crippen molar-refractivity contribution in [2.45, 2.75) is 19.8 Å². The smallest absolute Gasteiger partial charge is 0.251 e. The molecule has 1 heterocycles. The van der Waals surface area contributed by atoms with Crippen molar-refractivity contribution in [1.29, 1.82) is 0 Å². The summed E-state index contributed by atoms with van der Waals surface area (Å²) in [6.07, 6.45) is 0.717. The number of aliphatic hydroxyl groups excluding tert-OH is 1. The highest BCUT2D eigenvalue weighted by atomic mass is 16.3. The highest BCUT2D eigenvalue weighted by Crippen LogP contribution is 2.26. The van der Waals surface area contributed by atoms with Crippen LogP contribution in [0.5, 0.6) is 0 Å². The molecule has 0 spiro atoms. The summed E-state index contributed by atoms with van der Waals surface area (Å²) in [5.74, 6) is -1.08. The van der Waals surface area contributed by atoms with Crippen LogP contribution in [-0.2, 0) is 4.79 Å². The maximum absolute atomic E-state index is 12.5. The predicted octanol–water partition coefficient (Wildman–Crippen LogP) is 1.04. The summed E-state index contributed by atoms with van der Waals surface area (Å²) >= 11 is 0. The van der Waals surface area contributed by atoms with E-state index in [1.807, 2.05) is 12.1 Å². The summed E-state index contributed by atoms with van der Waals surface area (Å²) < 4.78 is 0. The van der Waals surface area contributed by atoms with Gasteiger partial charge in [-0.2, -0.15) is 0 Å². The van der Waals surface area contributed by atoms with E-state index in [-0.39, 0.29) is 31.4 Å². The van der Waals surface area contributed by atoms with Crippen LogP contribution in [-0.4, -0.2) is 68.7 Å². The first-order valence-corrected chi connectivity index (χ1v) is 11.6. The van der Waals surface area contributed by atoms with Gasteiger partial charge in [-0.15, -0.1) is 0 Å². The summed E-state index contributed by atoms with van der Waals surface area (Å²) in [4.78, 5) is 40.7. The molecule has 3 amide bonds. The van der Waals surface area contributed by atoms with Gasteiger partial charge in [0, 0.05) is 62.6 Å². The van der Waals surface area contributed by atoms with Crippen molar-refractivity contribution in [2.24, 2.45) is 5.73 Å². The number of aryl methyl sites for hydroxylation is 1. The third-order valence-electron chi connectivity index (χ3n) is 5.90. The van der Waals surface area contributed by atoms with Gasteiger partial charge >= 0.3 is 0 Å². The molecule has 34 heavy (non-hydrogen) atoms. The van der Waals surface area contributed by atoms with Crippen LogP contribution in [0.3, 0.4) is 0 Å². The molecule has 0 unspecified atom stereocenters. The fourth-order valence-corrected chi connectivity index (χ4v) is 4.09. The topological polar surface area (TPSA) is 128 Å². The number of hydrogen-bond donors (Lipinski definition) is 4. The number of nitrogens with two attached hydrogens (primary N) is 1. The van der Waals surface area contributed by atoms with Crippen LogP contribution < -0.4 is 26.2 Å². The number of hydrogen-bond acceptors (Lipinski definition) is 6. The molecule has 182 valence electrons. The van der Waals surface area contributed by atoms with E-state index in [2.05, 4.69) is 39.5 Å². The Hall–Kier alpha value is -3.59. The SMILES string of the molecule is Cc1ccccc1N1CCN(c2ccc(C(=O)NCCCC(=O)NCCO)cc2C(N)=O)CC1. The summed E-state index contributed by atoms with van der Waals surface area (Å²) in [6, 6.07) is 13.3. The second kappa shape index (κ2) is 12.0. The molecule has 0 atom stereocenters. The van der Waals surface area contributed by atoms with E-state index < -0.39 is 5.91 Å². The number of carbonyl (C=O) groups is 3. The lowest BCUT2D eigenvalue weighted by molar-refractivity contribution is -0.121. The van der Waals surface area contributed by atoms with Crippen LogP contribution in [0.2, 0.25) is 0 Å². The van der Waals surface area contributed by atoms with Gasteiger partial charge in [0.15, 0.2) is 0 Å². The van der Waals surface area contributed by atoms with Gasteiger partial charge in [0.1, 0.15) is 0 Å². The van der Waals surface area contributed by atoms with Gasteiger partial charge in [-0.25, -0.2) is 0 Å². The Morgan fingerprint density at radius 2 is 1.62 bits per heavy atom. The lowest BCUT2D eigenvalue weighted by Crippen LogP contribution is -2.47. The summed E-state index contributed by atoms with van der Waals surface area (Å²) in [6.45, 7) is 5.63. The van der Waals surface area contributed by atoms with E-state index in [0.717, 1.165) is 31.9 Å². The van der Waals surface area contributed by atoms with Crippen LogP contribution in [0.15, 0.2) is 42.5 Å². The Labute approximate surface area is 199 Å². The maximum atomic E-state index is 12.5. The minimum Gasteiger partial charge on any atom is -0.395 e. The first kappa shape index (κ1) is 25.0. The van der Waals surface area contributed by atoms with Gasteiger partial charge in [0.2, 0.25) is 5.91 Å². The molecule has 1 aliphatic heterocycles. The Balaban J connectivity index is 1.59. The monoisotopic (exact) mass is 467 g/mol. The Kier molecular flexibility index (Phi) is 8.86. The average molecular weight is 468 g/mol. The van der Waals surface area contributed by atoms with E-state index in [1.54, 1.807) is 12.1 Å². The number of primary amides is 1. The lowest BCUT2D eigenvalue weighted by Gasteiger charge is -2.38. The number of piperazine rings is 1. The van der Waals surface area contributed by atoms with Gasteiger partial charge in [0.05, 0.1) is 12.2 Å². The molecule has 9 heteroatoms. The Bertz CT molecular complexity index is 1020. The minimum absolute atomic E-state index is 0.108. The Morgan fingerprint density at radius 1 is 0.941 bits per heavy atom. The molecule has 1 fully saturated rings. The number of nitrogens with zero attached hydrogens (tertiary/aromatic N) is 2. The van der Waals surface area contributed by atoms with Crippen LogP contribution in [0, 0.1) is 6.92 Å². The minimum atomic E-state index is -0.577. The molecule has 0 aliphatic carbocycles. The molecule has 1 aliphatic rings. The first-order chi connectivity index (χ1) is 16.4. The quantitative estimate of drug-likeness (QED) is 0.387. The predicted molar refractivity (Wildman–Crippen MR) is 132 cm³/mol. The van der Waals surface area contributed by atoms with E-state index in [0.29, 0.717) is 24.1 Å². The fraction of sp³-hybridized carbons (Fsp3) is 0.400. The van der Waals surface area contributed by atoms with E-state index in [4.69, 9.17) is 10.8 Å². The second-order valence-electron chi connectivity index (χ2n) is 8.29. The highest BCUT2D eigenvalue weighted by molar-refractivity contribution is 6.03. The van der Waals surface area contributed by atoms with Crippen LogP contribution in [0.1, 0.15) is 39.1 Å². The number of nitrogens with one attached hydrogen (secondary N) is 2. The number of aliphatic hydroxyl groups is 1. The highest BCUT2D eigenvalue weighted by Gasteiger charge is 2.23. The third-order valence-corrected chi connectivity index (χ3v) is 5.90. The molecular formula is C25H33N5O4. The molecule has 0 aromatic heterocycles. The van der Waals surface area contributed by atoms with Crippen molar-refractivity contribution < 1.29 is 19.5 Å². The van der Waals surface area contributed by atoms with Crippen LogP contribution in [0.25, 0.3) is 0 Å². The molecule has 0 bridgehead atoms. The van der Waals surface area contributed by atoms with E-state index >= 15 is 0 Å². The maximum Gasteiger partial charge on any atom is 0.251 e. The van der Waals surface area contributed by atoms with Gasteiger partial charge in [-0.05, 0) is 43.2 Å². The average Bonchev–Trinajstić information content (AvgIpc) is 2.85. The first-order valence-electron chi connectivity index (χ1n) is 11.6.